The number of hydrogen-bond donors (Lipinski definition) is 2. The first-order valence-electron chi connectivity index (χ1n) is 3.48. The van der Waals surface area contributed by atoms with Crippen molar-refractivity contribution in [1.82, 2.24) is 10.2 Å². The van der Waals surface area contributed by atoms with Crippen molar-refractivity contribution < 1.29 is 9.90 Å². The summed E-state index contributed by atoms with van der Waals surface area (Å²) in [6, 6.07) is -0.0553. The van der Waals surface area contributed by atoms with Crippen molar-refractivity contribution in [2.75, 3.05) is 26.2 Å². The first-order valence-corrected chi connectivity index (χ1v) is 3.48. The van der Waals surface area contributed by atoms with E-state index in [1.54, 1.807) is 4.90 Å². The van der Waals surface area contributed by atoms with E-state index < -0.39 is 0 Å². The van der Waals surface area contributed by atoms with Crippen LogP contribution in [0.1, 0.15) is 6.42 Å². The summed E-state index contributed by atoms with van der Waals surface area (Å²) in [7, 11) is 0. The van der Waals surface area contributed by atoms with E-state index in [0.717, 1.165) is 19.5 Å². The van der Waals surface area contributed by atoms with E-state index in [-0.39, 0.29) is 12.6 Å². The van der Waals surface area contributed by atoms with E-state index in [4.69, 9.17) is 5.11 Å². The average molecular weight is 144 g/mol. The molecule has 2 N–H and O–H groups in total. The van der Waals surface area contributed by atoms with Crippen molar-refractivity contribution >= 4 is 6.03 Å². The predicted molar refractivity (Wildman–Crippen MR) is 36.7 cm³/mol. The minimum absolute atomic E-state index is 0.0135. The van der Waals surface area contributed by atoms with Gasteiger partial charge in [-0.05, 0) is 6.42 Å². The normalized spacial score (nSPS) is 16.3. The number of likely N-dealkylation sites (tertiary alicyclic amines) is 1. The molecule has 2 amide bonds. The Labute approximate surface area is 59.8 Å². The van der Waals surface area contributed by atoms with Gasteiger partial charge in [0.25, 0.3) is 0 Å². The lowest BCUT2D eigenvalue weighted by molar-refractivity contribution is 0.164. The van der Waals surface area contributed by atoms with Crippen LogP contribution >= 0.6 is 0 Å². The Bertz CT molecular complexity index is 123. The Morgan fingerprint density at radius 2 is 2.30 bits per heavy atom. The van der Waals surface area contributed by atoms with Gasteiger partial charge < -0.3 is 15.3 Å². The van der Waals surface area contributed by atoms with Gasteiger partial charge >= 0.3 is 6.03 Å². The van der Waals surface area contributed by atoms with Gasteiger partial charge in [-0.3, -0.25) is 0 Å². The first-order chi connectivity index (χ1) is 4.84. The van der Waals surface area contributed by atoms with E-state index in [9.17, 15) is 4.79 Å². The number of carbonyl (C=O) groups excluding carboxylic acids is 1. The zero-order valence-corrected chi connectivity index (χ0v) is 5.84. The fourth-order valence-corrected chi connectivity index (χ4v) is 0.794. The van der Waals surface area contributed by atoms with Crippen LogP contribution in [0.3, 0.4) is 0 Å². The van der Waals surface area contributed by atoms with Crippen LogP contribution in [0.25, 0.3) is 0 Å². The predicted octanol–water partition coefficient (Wildman–Crippen LogP) is -0.606. The van der Waals surface area contributed by atoms with Crippen molar-refractivity contribution in [2.45, 2.75) is 6.42 Å². The number of hydrogen-bond acceptors (Lipinski definition) is 2. The molecule has 0 spiro atoms. The molecule has 1 aliphatic heterocycles. The highest BCUT2D eigenvalue weighted by Gasteiger charge is 2.18. The third-order valence-electron chi connectivity index (χ3n) is 1.53. The molecule has 0 radical (unpaired) electrons. The Kier molecular flexibility index (Phi) is 2.50. The van der Waals surface area contributed by atoms with Crippen molar-refractivity contribution in [3.63, 3.8) is 0 Å². The minimum Gasteiger partial charge on any atom is -0.395 e. The van der Waals surface area contributed by atoms with Crippen LogP contribution in [0.4, 0.5) is 4.79 Å². The van der Waals surface area contributed by atoms with E-state index in [2.05, 4.69) is 5.32 Å². The molecular formula is C6H12N2O2. The maximum Gasteiger partial charge on any atom is 0.317 e. The van der Waals surface area contributed by atoms with Crippen molar-refractivity contribution in [3.05, 3.63) is 0 Å². The van der Waals surface area contributed by atoms with Crippen LogP contribution in [-0.2, 0) is 0 Å². The first kappa shape index (κ1) is 7.34. The molecule has 0 aliphatic carbocycles. The third kappa shape index (κ3) is 1.60. The largest absolute Gasteiger partial charge is 0.395 e. The summed E-state index contributed by atoms with van der Waals surface area (Å²) < 4.78 is 0. The van der Waals surface area contributed by atoms with E-state index in [1.165, 1.54) is 0 Å². The number of aliphatic hydroxyl groups is 1. The maximum absolute atomic E-state index is 10.9. The topological polar surface area (TPSA) is 52.6 Å². The number of nitrogens with zero attached hydrogens (tertiary/aromatic N) is 1. The second-order valence-corrected chi connectivity index (χ2v) is 2.30. The highest BCUT2D eigenvalue weighted by Crippen LogP contribution is 2.04. The zero-order chi connectivity index (χ0) is 7.40. The van der Waals surface area contributed by atoms with Crippen LogP contribution in [0.15, 0.2) is 0 Å². The Morgan fingerprint density at radius 1 is 1.60 bits per heavy atom. The van der Waals surface area contributed by atoms with Crippen LogP contribution in [-0.4, -0.2) is 42.3 Å². The number of urea groups is 1. The van der Waals surface area contributed by atoms with Crippen LogP contribution in [0.2, 0.25) is 0 Å². The zero-order valence-electron chi connectivity index (χ0n) is 5.84. The summed E-state index contributed by atoms with van der Waals surface area (Å²) in [5.74, 6) is 0. The molecule has 0 aromatic carbocycles. The van der Waals surface area contributed by atoms with Crippen molar-refractivity contribution in [1.29, 1.82) is 0 Å². The van der Waals surface area contributed by atoms with E-state index >= 15 is 0 Å². The summed E-state index contributed by atoms with van der Waals surface area (Å²) in [5.41, 5.74) is 0. The molecule has 0 aromatic rings. The van der Waals surface area contributed by atoms with Crippen LogP contribution in [0, 0.1) is 0 Å². The molecule has 0 aromatic heterocycles. The SMILES string of the molecule is O=C(NCCO)N1CCC1. The molecule has 58 valence electrons. The van der Waals surface area contributed by atoms with Gasteiger partial charge in [0.2, 0.25) is 0 Å². The summed E-state index contributed by atoms with van der Waals surface area (Å²) >= 11 is 0. The van der Waals surface area contributed by atoms with Gasteiger partial charge in [0.1, 0.15) is 0 Å². The molecule has 1 heterocycles. The lowest BCUT2D eigenvalue weighted by Gasteiger charge is -2.30. The third-order valence-corrected chi connectivity index (χ3v) is 1.53. The lowest BCUT2D eigenvalue weighted by atomic mass is 10.2. The van der Waals surface area contributed by atoms with Gasteiger partial charge in [0.15, 0.2) is 0 Å². The molecule has 1 saturated heterocycles. The molecule has 0 unspecified atom stereocenters. The molecule has 4 nitrogen and oxygen atoms in total. The molecule has 10 heavy (non-hydrogen) atoms. The summed E-state index contributed by atoms with van der Waals surface area (Å²) in [5, 5.41) is 10.9. The highest BCUT2D eigenvalue weighted by atomic mass is 16.3. The molecule has 0 bridgehead atoms. The van der Waals surface area contributed by atoms with E-state index in [0.29, 0.717) is 6.54 Å². The van der Waals surface area contributed by atoms with Crippen molar-refractivity contribution in [3.8, 4) is 0 Å². The molecule has 0 atom stereocenters. The highest BCUT2D eigenvalue weighted by molar-refractivity contribution is 5.74. The Morgan fingerprint density at radius 3 is 2.70 bits per heavy atom. The maximum atomic E-state index is 10.9. The van der Waals surface area contributed by atoms with Crippen molar-refractivity contribution in [2.24, 2.45) is 0 Å². The molecule has 0 saturated carbocycles. The second-order valence-electron chi connectivity index (χ2n) is 2.30. The number of aliphatic hydroxyl groups excluding tert-OH is 1. The summed E-state index contributed by atoms with van der Waals surface area (Å²) in [6.45, 7) is 2.09. The standard InChI is InChI=1S/C6H12N2O2/c9-5-2-7-6(10)8-3-1-4-8/h9H,1-5H2,(H,7,10). The smallest absolute Gasteiger partial charge is 0.317 e. The van der Waals surface area contributed by atoms with Gasteiger partial charge in [-0.1, -0.05) is 0 Å². The number of carbonyl (C=O) groups is 1. The van der Waals surface area contributed by atoms with Gasteiger partial charge in [0.05, 0.1) is 6.61 Å². The van der Waals surface area contributed by atoms with Gasteiger partial charge in [0, 0.05) is 19.6 Å². The summed E-state index contributed by atoms with van der Waals surface area (Å²) in [6.07, 6.45) is 1.10. The fraction of sp³-hybridized carbons (Fsp3) is 0.833. The summed E-state index contributed by atoms with van der Waals surface area (Å²) in [4.78, 5) is 12.6. The molecule has 1 fully saturated rings. The average Bonchev–Trinajstić information content (AvgIpc) is 1.79. The number of rotatable bonds is 2. The minimum atomic E-state index is -0.0553. The second kappa shape index (κ2) is 3.41. The number of nitrogens with one attached hydrogen (secondary N) is 1. The quantitative estimate of drug-likeness (QED) is 0.543. The molecular weight excluding hydrogens is 132 g/mol. The van der Waals surface area contributed by atoms with Gasteiger partial charge in [-0.15, -0.1) is 0 Å². The fourth-order valence-electron chi connectivity index (χ4n) is 0.794. The van der Waals surface area contributed by atoms with Crippen LogP contribution < -0.4 is 5.32 Å². The Hall–Kier alpha value is -0.770. The van der Waals surface area contributed by atoms with Gasteiger partial charge in [-0.2, -0.15) is 0 Å². The Balaban J connectivity index is 2.08. The lowest BCUT2D eigenvalue weighted by Crippen LogP contribution is -2.48. The van der Waals surface area contributed by atoms with Gasteiger partial charge in [-0.25, -0.2) is 4.79 Å². The molecule has 1 rings (SSSR count). The monoisotopic (exact) mass is 144 g/mol. The van der Waals surface area contributed by atoms with E-state index in [1.807, 2.05) is 0 Å². The molecule has 1 aliphatic rings. The molecule has 4 heteroatoms. The number of amides is 2. The van der Waals surface area contributed by atoms with Crippen LogP contribution in [0.5, 0.6) is 0 Å².